The second-order valence-electron chi connectivity index (χ2n) is 8.43. The Morgan fingerprint density at radius 3 is 2.31 bits per heavy atom. The molecule has 1 amide bonds. The van der Waals surface area contributed by atoms with Crippen molar-refractivity contribution in [2.45, 2.75) is 44.9 Å². The largest absolute Gasteiger partial charge is 0.456 e. The number of esters is 1. The zero-order valence-corrected chi connectivity index (χ0v) is 14.6. The minimum atomic E-state index is -0.736. The number of halogens is 2. The lowest BCUT2D eigenvalue weighted by Crippen LogP contribution is -2.47. The normalized spacial score (nSPS) is 31.7. The lowest BCUT2D eigenvalue weighted by Gasteiger charge is -2.56. The van der Waals surface area contributed by atoms with Crippen molar-refractivity contribution in [1.29, 1.82) is 0 Å². The molecule has 0 atom stereocenters. The van der Waals surface area contributed by atoms with Gasteiger partial charge in [0.25, 0.3) is 5.91 Å². The van der Waals surface area contributed by atoms with Gasteiger partial charge in [-0.05, 0) is 73.8 Å². The van der Waals surface area contributed by atoms with E-state index in [1.165, 1.54) is 19.3 Å². The van der Waals surface area contributed by atoms with Crippen LogP contribution in [0.2, 0.25) is 0 Å². The Hall–Kier alpha value is -1.98. The minimum absolute atomic E-state index is 0.0526. The number of hydrogen-bond donors (Lipinski definition) is 1. The van der Waals surface area contributed by atoms with Gasteiger partial charge in [-0.1, -0.05) is 0 Å². The number of amides is 1. The highest BCUT2D eigenvalue weighted by molar-refractivity contribution is 5.92. The van der Waals surface area contributed by atoms with Crippen molar-refractivity contribution in [2.24, 2.45) is 23.2 Å². The van der Waals surface area contributed by atoms with Crippen LogP contribution in [0.4, 0.5) is 14.5 Å². The number of anilines is 1. The van der Waals surface area contributed by atoms with Crippen LogP contribution in [-0.4, -0.2) is 18.5 Å². The molecule has 140 valence electrons. The summed E-state index contributed by atoms with van der Waals surface area (Å²) in [5.41, 5.74) is -0.205. The van der Waals surface area contributed by atoms with E-state index in [9.17, 15) is 18.4 Å². The maximum absolute atomic E-state index is 13.5. The second-order valence-corrected chi connectivity index (χ2v) is 8.43. The highest BCUT2D eigenvalue weighted by atomic mass is 19.1. The van der Waals surface area contributed by atoms with Gasteiger partial charge in [0.1, 0.15) is 11.6 Å². The predicted molar refractivity (Wildman–Crippen MR) is 91.2 cm³/mol. The molecule has 0 aromatic heterocycles. The van der Waals surface area contributed by atoms with Gasteiger partial charge in [0.2, 0.25) is 0 Å². The summed E-state index contributed by atoms with van der Waals surface area (Å²) in [4.78, 5) is 24.1. The maximum atomic E-state index is 13.5. The van der Waals surface area contributed by atoms with E-state index in [4.69, 9.17) is 4.74 Å². The van der Waals surface area contributed by atoms with Crippen molar-refractivity contribution in [2.75, 3.05) is 11.9 Å². The van der Waals surface area contributed by atoms with Gasteiger partial charge in [-0.3, -0.25) is 9.59 Å². The number of hydrogen-bond acceptors (Lipinski definition) is 3. The first kappa shape index (κ1) is 17.4. The fraction of sp³-hybridized carbons (Fsp3) is 0.600. The van der Waals surface area contributed by atoms with Gasteiger partial charge in [-0.25, -0.2) is 8.78 Å². The molecule has 0 saturated heterocycles. The van der Waals surface area contributed by atoms with Gasteiger partial charge in [0.15, 0.2) is 6.61 Å². The Kier molecular flexibility index (Phi) is 4.45. The van der Waals surface area contributed by atoms with Gasteiger partial charge < -0.3 is 10.1 Å². The molecule has 5 rings (SSSR count). The Bertz CT molecular complexity index is 698. The molecule has 0 heterocycles. The zero-order chi connectivity index (χ0) is 18.3. The minimum Gasteiger partial charge on any atom is -0.456 e. The third-order valence-electron chi connectivity index (χ3n) is 6.25. The van der Waals surface area contributed by atoms with Crippen LogP contribution in [0.3, 0.4) is 0 Å². The van der Waals surface area contributed by atoms with Crippen molar-refractivity contribution in [1.82, 2.24) is 0 Å². The van der Waals surface area contributed by atoms with Crippen molar-refractivity contribution in [3.05, 3.63) is 29.8 Å². The average Bonchev–Trinajstić information content (AvgIpc) is 2.55. The number of ether oxygens (including phenoxy) is 1. The Morgan fingerprint density at radius 1 is 1.08 bits per heavy atom. The summed E-state index contributed by atoms with van der Waals surface area (Å²) in [6.45, 7) is -0.485. The fourth-order valence-corrected chi connectivity index (χ4v) is 5.79. The zero-order valence-electron chi connectivity index (χ0n) is 14.6. The topological polar surface area (TPSA) is 55.4 Å². The van der Waals surface area contributed by atoms with Crippen LogP contribution < -0.4 is 5.32 Å². The lowest BCUT2D eigenvalue weighted by molar-refractivity contribution is -0.154. The average molecular weight is 363 g/mol. The third kappa shape index (κ3) is 3.60. The summed E-state index contributed by atoms with van der Waals surface area (Å²) >= 11 is 0. The van der Waals surface area contributed by atoms with Crippen LogP contribution in [0.1, 0.15) is 44.9 Å². The van der Waals surface area contributed by atoms with Crippen LogP contribution >= 0.6 is 0 Å². The first-order valence-corrected chi connectivity index (χ1v) is 9.31. The van der Waals surface area contributed by atoms with Crippen molar-refractivity contribution < 1.29 is 23.1 Å². The number of rotatable bonds is 5. The smallest absolute Gasteiger partial charge is 0.306 e. The molecule has 4 bridgehead atoms. The van der Waals surface area contributed by atoms with Crippen LogP contribution in [0.5, 0.6) is 0 Å². The van der Waals surface area contributed by atoms with E-state index in [-0.39, 0.29) is 17.1 Å². The molecule has 26 heavy (non-hydrogen) atoms. The Balaban J connectivity index is 1.29. The summed E-state index contributed by atoms with van der Waals surface area (Å²) < 4.78 is 31.8. The highest BCUT2D eigenvalue weighted by Gasteiger charge is 2.51. The van der Waals surface area contributed by atoms with E-state index in [1.54, 1.807) is 0 Å². The van der Waals surface area contributed by atoms with E-state index in [2.05, 4.69) is 5.32 Å². The molecule has 4 fully saturated rings. The third-order valence-corrected chi connectivity index (χ3v) is 6.25. The van der Waals surface area contributed by atoms with Crippen molar-refractivity contribution in [3.63, 3.8) is 0 Å². The Labute approximate surface area is 151 Å². The quantitative estimate of drug-likeness (QED) is 0.803. The van der Waals surface area contributed by atoms with Gasteiger partial charge in [-0.2, -0.15) is 0 Å². The standard InChI is InChI=1S/C20H23F2NO3/c21-15-1-2-16(22)17(6-15)23-18(24)11-26-19(25)10-20-7-12-3-13(8-20)5-14(4-12)9-20/h1-2,6,12-14H,3-5,7-11H2,(H,23,24). The van der Waals surface area contributed by atoms with E-state index < -0.39 is 24.1 Å². The molecule has 0 radical (unpaired) electrons. The van der Waals surface area contributed by atoms with Gasteiger partial charge in [-0.15, -0.1) is 0 Å². The van der Waals surface area contributed by atoms with Gasteiger partial charge >= 0.3 is 5.97 Å². The second kappa shape index (κ2) is 6.63. The molecule has 1 N–H and O–H groups in total. The molecule has 4 nitrogen and oxygen atoms in total. The van der Waals surface area contributed by atoms with Crippen LogP contribution in [0.15, 0.2) is 18.2 Å². The van der Waals surface area contributed by atoms with Gasteiger partial charge in [0, 0.05) is 6.07 Å². The molecule has 1 aromatic carbocycles. The molecular formula is C20H23F2NO3. The molecule has 0 spiro atoms. The van der Waals surface area contributed by atoms with E-state index in [0.29, 0.717) is 6.42 Å². The molecule has 6 heteroatoms. The molecule has 0 aliphatic heterocycles. The number of nitrogens with one attached hydrogen (secondary N) is 1. The van der Waals surface area contributed by atoms with Crippen molar-refractivity contribution in [3.8, 4) is 0 Å². The summed E-state index contributed by atoms with van der Waals surface area (Å²) in [5, 5.41) is 2.23. The highest BCUT2D eigenvalue weighted by Crippen LogP contribution is 2.61. The predicted octanol–water partition coefficient (Wildman–Crippen LogP) is 4.05. The van der Waals surface area contributed by atoms with Crippen LogP contribution in [0, 0.1) is 34.8 Å². The SMILES string of the molecule is O=C(COC(=O)CC12CC3CC(CC(C3)C1)C2)Nc1cc(F)ccc1F. The fourth-order valence-electron chi connectivity index (χ4n) is 5.79. The van der Waals surface area contributed by atoms with E-state index in [1.807, 2.05) is 0 Å². The first-order chi connectivity index (χ1) is 12.4. The lowest BCUT2D eigenvalue weighted by atomic mass is 9.49. The molecule has 1 aromatic rings. The molecular weight excluding hydrogens is 340 g/mol. The van der Waals surface area contributed by atoms with E-state index in [0.717, 1.165) is 55.2 Å². The monoisotopic (exact) mass is 363 g/mol. The number of carbonyl (C=O) groups is 2. The molecule has 4 aliphatic carbocycles. The number of benzene rings is 1. The molecule has 4 aliphatic rings. The summed E-state index contributed by atoms with van der Waals surface area (Å²) in [6, 6.07) is 2.80. The van der Waals surface area contributed by atoms with E-state index >= 15 is 0 Å². The van der Waals surface area contributed by atoms with Crippen LogP contribution in [-0.2, 0) is 14.3 Å². The summed E-state index contributed by atoms with van der Waals surface area (Å²) in [6.07, 6.45) is 7.54. The van der Waals surface area contributed by atoms with Gasteiger partial charge in [0.05, 0.1) is 12.1 Å². The molecule has 4 saturated carbocycles. The maximum Gasteiger partial charge on any atom is 0.306 e. The summed E-state index contributed by atoms with van der Waals surface area (Å²) in [7, 11) is 0. The molecule has 0 unspecified atom stereocenters. The van der Waals surface area contributed by atoms with Crippen LogP contribution in [0.25, 0.3) is 0 Å². The Morgan fingerprint density at radius 2 is 1.69 bits per heavy atom. The number of carbonyl (C=O) groups excluding carboxylic acids is 2. The first-order valence-electron chi connectivity index (χ1n) is 9.31. The summed E-state index contributed by atoms with van der Waals surface area (Å²) in [5.74, 6) is -0.203. The van der Waals surface area contributed by atoms with Crippen molar-refractivity contribution >= 4 is 17.6 Å².